The number of nitrogens with zero attached hydrogens (tertiary/aromatic N) is 6. The van der Waals surface area contributed by atoms with Crippen molar-refractivity contribution < 1.29 is 62.1 Å². The van der Waals surface area contributed by atoms with Crippen LogP contribution in [0.3, 0.4) is 0 Å². The van der Waals surface area contributed by atoms with Gasteiger partial charge in [-0.1, -0.05) is 36.4 Å². The summed E-state index contributed by atoms with van der Waals surface area (Å²) in [5, 5.41) is 11.0. The fourth-order valence-electron chi connectivity index (χ4n) is 9.10. The number of aromatic nitrogens is 3. The predicted molar refractivity (Wildman–Crippen MR) is 298 cm³/mol. The Bertz CT molecular complexity index is 3030. The van der Waals surface area contributed by atoms with Gasteiger partial charge in [-0.05, 0) is 67.9 Å². The zero-order valence-electron chi connectivity index (χ0n) is 46.1. The standard InChI is InChI=1S/C58H70N10O13/c1-38-29-43-34-62-46-33-49(39(2)30-45(46)57(76)68(43)35-38)80-24-6-10-52(72)63-50-37-66(4)55(64-50)48(70)31-40-11-13-41(14-12-40)42-32-47(65(3)36-42)56(75)60-21-8-25-81-58(77)61-20-7-19-59-51(71)18-26-79-28-27-78-23-5-9-44(69)17-22-67-53(73)15-16-54(67)74/h11-16,30,32-34,36-37,43H,1,5-10,17-29,31,35H2,2-4H3,(H,59,71)(H,60,75)(H,61,77)(H,63,72)/t43-/m0/s1. The summed E-state index contributed by atoms with van der Waals surface area (Å²) in [7, 11) is 3.46. The molecule has 0 aliphatic carbocycles. The number of alkyl carbamates (subject to hydrolysis) is 1. The van der Waals surface area contributed by atoms with Gasteiger partial charge in [-0.3, -0.25) is 48.2 Å². The van der Waals surface area contributed by atoms with Crippen LogP contribution in [-0.2, 0) is 58.7 Å². The molecule has 81 heavy (non-hydrogen) atoms. The van der Waals surface area contributed by atoms with E-state index in [1.807, 2.05) is 37.4 Å². The topological polar surface area (TPSA) is 280 Å². The first-order chi connectivity index (χ1) is 39.0. The van der Waals surface area contributed by atoms with Gasteiger partial charge in [0.1, 0.15) is 17.2 Å². The van der Waals surface area contributed by atoms with E-state index in [2.05, 4.69) is 37.8 Å². The van der Waals surface area contributed by atoms with E-state index in [0.29, 0.717) is 81.1 Å². The van der Waals surface area contributed by atoms with E-state index >= 15 is 0 Å². The number of amides is 7. The zero-order chi connectivity index (χ0) is 57.8. The van der Waals surface area contributed by atoms with E-state index in [9.17, 15) is 43.2 Å². The summed E-state index contributed by atoms with van der Waals surface area (Å²) in [6.45, 7) is 8.90. The minimum atomic E-state index is -0.607. The van der Waals surface area contributed by atoms with Crippen molar-refractivity contribution in [3.8, 4) is 16.9 Å². The molecule has 7 amide bonds. The number of carbonyl (C=O) groups excluding carboxylic acids is 9. The molecule has 0 saturated carbocycles. The smallest absolute Gasteiger partial charge is 0.407 e. The lowest BCUT2D eigenvalue weighted by Gasteiger charge is -2.20. The molecule has 0 radical (unpaired) electrons. The normalized spacial score (nSPS) is 14.4. The Morgan fingerprint density at radius 1 is 0.728 bits per heavy atom. The first-order valence-corrected chi connectivity index (χ1v) is 27.1. The van der Waals surface area contributed by atoms with Gasteiger partial charge >= 0.3 is 6.09 Å². The van der Waals surface area contributed by atoms with Gasteiger partial charge < -0.3 is 54.2 Å². The second-order valence-electron chi connectivity index (χ2n) is 19.9. The van der Waals surface area contributed by atoms with Crippen LogP contribution in [0.4, 0.5) is 16.3 Å². The Morgan fingerprint density at radius 2 is 1.46 bits per heavy atom. The maximum Gasteiger partial charge on any atom is 0.407 e. The van der Waals surface area contributed by atoms with E-state index in [1.165, 1.54) is 12.2 Å². The maximum absolute atomic E-state index is 13.4. The molecule has 1 fully saturated rings. The molecule has 23 nitrogen and oxygen atoms in total. The van der Waals surface area contributed by atoms with Crippen LogP contribution in [0, 0.1) is 6.92 Å². The van der Waals surface area contributed by atoms with Gasteiger partial charge in [-0.15, -0.1) is 0 Å². The number of rotatable bonds is 32. The third kappa shape index (κ3) is 17.7. The lowest BCUT2D eigenvalue weighted by molar-refractivity contribution is -0.137. The minimum absolute atomic E-state index is 0.0567. The van der Waals surface area contributed by atoms with Gasteiger partial charge in [0.15, 0.2) is 11.6 Å². The Hall–Kier alpha value is -8.57. The molecular weight excluding hydrogens is 1040 g/mol. The number of ether oxygens (including phenoxy) is 4. The third-order valence-corrected chi connectivity index (χ3v) is 13.4. The van der Waals surface area contributed by atoms with Crippen molar-refractivity contribution in [2.45, 2.75) is 77.2 Å². The number of nitrogens with one attached hydrogen (secondary N) is 4. The van der Waals surface area contributed by atoms with Crippen LogP contribution in [0.1, 0.15) is 100 Å². The Morgan fingerprint density at radius 3 is 2.23 bits per heavy atom. The largest absolute Gasteiger partial charge is 0.493 e. The van der Waals surface area contributed by atoms with E-state index in [4.69, 9.17) is 18.9 Å². The van der Waals surface area contributed by atoms with Crippen LogP contribution < -0.4 is 26.0 Å². The van der Waals surface area contributed by atoms with E-state index in [0.717, 1.165) is 32.7 Å². The average molecular weight is 1120 g/mol. The number of hydrogen-bond donors (Lipinski definition) is 4. The summed E-state index contributed by atoms with van der Waals surface area (Å²) < 4.78 is 25.4. The maximum atomic E-state index is 13.4. The zero-order valence-corrected chi connectivity index (χ0v) is 46.1. The predicted octanol–water partition coefficient (Wildman–Crippen LogP) is 4.88. The monoisotopic (exact) mass is 1110 g/mol. The summed E-state index contributed by atoms with van der Waals surface area (Å²) >= 11 is 0. The van der Waals surface area contributed by atoms with E-state index in [1.54, 1.807) is 58.7 Å². The summed E-state index contributed by atoms with van der Waals surface area (Å²) in [6.07, 6.45) is 10.3. The molecule has 4 aromatic rings. The highest BCUT2D eigenvalue weighted by Gasteiger charge is 2.34. The molecule has 3 aliphatic rings. The molecular formula is C58H70N10O13. The van der Waals surface area contributed by atoms with Crippen molar-refractivity contribution in [1.29, 1.82) is 0 Å². The van der Waals surface area contributed by atoms with Crippen LogP contribution >= 0.6 is 0 Å². The number of fused-ring (bicyclic) bond motifs is 2. The van der Waals surface area contributed by atoms with Crippen molar-refractivity contribution in [3.05, 3.63) is 107 Å². The number of hydrogen-bond acceptors (Lipinski definition) is 15. The average Bonchev–Trinajstić information content (AvgIpc) is 4.20. The van der Waals surface area contributed by atoms with Crippen molar-refractivity contribution >= 4 is 70.8 Å². The Balaban J connectivity index is 0.698. The highest BCUT2D eigenvalue weighted by atomic mass is 16.5. The van der Waals surface area contributed by atoms with Crippen LogP contribution in [-0.4, -0.2) is 162 Å². The molecule has 1 atom stereocenters. The van der Waals surface area contributed by atoms with Gasteiger partial charge in [0.25, 0.3) is 23.6 Å². The van der Waals surface area contributed by atoms with Crippen molar-refractivity contribution in [1.82, 2.24) is 39.9 Å². The van der Waals surface area contributed by atoms with Crippen LogP contribution in [0.15, 0.2) is 84.2 Å². The highest BCUT2D eigenvalue weighted by molar-refractivity contribution is 6.13. The lowest BCUT2D eigenvalue weighted by Crippen LogP contribution is -2.35. The SMILES string of the molecule is C=C1C[C@H]2C=Nc3cc(OCCCC(=O)Nc4cn(C)c(C(=O)Cc5ccc(-c6cc(C(=O)NCCCOC(=O)NCCCNC(=O)CCOCCOCCCC(=O)CCN7C(=O)C=CC7=O)n(C)c6)cc5)n4)c(C)cc3C(=O)N2C1. The van der Waals surface area contributed by atoms with Crippen molar-refractivity contribution in [2.75, 3.05) is 77.7 Å². The first-order valence-electron chi connectivity index (χ1n) is 27.1. The molecule has 430 valence electrons. The molecule has 23 heteroatoms. The summed E-state index contributed by atoms with van der Waals surface area (Å²) in [5.41, 5.74) is 5.71. The van der Waals surface area contributed by atoms with Gasteiger partial charge in [0.05, 0.1) is 50.3 Å². The second kappa shape index (κ2) is 29.6. The van der Waals surface area contributed by atoms with Gasteiger partial charge in [-0.25, -0.2) is 9.78 Å². The molecule has 4 N–H and O–H groups in total. The summed E-state index contributed by atoms with van der Waals surface area (Å²) in [4.78, 5) is 124. The number of anilines is 1. The quantitative estimate of drug-likeness (QED) is 0.0220. The molecule has 3 aliphatic heterocycles. The number of aliphatic imine (C=N–C) groups is 1. The fraction of sp³-hybridized carbons (Fsp3) is 0.431. The van der Waals surface area contributed by atoms with Crippen LogP contribution in [0.5, 0.6) is 5.75 Å². The van der Waals surface area contributed by atoms with Crippen LogP contribution in [0.25, 0.3) is 11.1 Å². The number of carbonyl (C=O) groups is 9. The summed E-state index contributed by atoms with van der Waals surface area (Å²) in [6, 6.07) is 12.7. The molecule has 2 aromatic carbocycles. The number of Topliss-reactive ketones (excluding diaryl/α,β-unsaturated/α-hetero) is 2. The number of imidazole rings is 1. The highest BCUT2D eigenvalue weighted by Crippen LogP contribution is 2.35. The van der Waals surface area contributed by atoms with Crippen molar-refractivity contribution in [3.63, 3.8) is 0 Å². The van der Waals surface area contributed by atoms with Gasteiger partial charge in [-0.2, -0.15) is 0 Å². The number of aryl methyl sites for hydroxylation is 3. The molecule has 0 spiro atoms. The minimum Gasteiger partial charge on any atom is -0.493 e. The third-order valence-electron chi connectivity index (χ3n) is 13.4. The van der Waals surface area contributed by atoms with Crippen LogP contribution in [0.2, 0.25) is 0 Å². The first kappa shape index (κ1) is 60.1. The summed E-state index contributed by atoms with van der Waals surface area (Å²) in [5.74, 6) is -0.895. The Kier molecular flexibility index (Phi) is 21.9. The molecule has 5 heterocycles. The second-order valence-corrected chi connectivity index (χ2v) is 19.9. The molecule has 7 rings (SSSR count). The van der Waals surface area contributed by atoms with Crippen molar-refractivity contribution in [2.24, 2.45) is 19.1 Å². The van der Waals surface area contributed by atoms with E-state index in [-0.39, 0.29) is 131 Å². The molecule has 2 aromatic heterocycles. The molecule has 1 saturated heterocycles. The lowest BCUT2D eigenvalue weighted by atomic mass is 10.0. The molecule has 0 bridgehead atoms. The van der Waals surface area contributed by atoms with E-state index < -0.39 is 17.9 Å². The molecule has 0 unspecified atom stereocenters. The number of ketones is 2. The van der Waals surface area contributed by atoms with Gasteiger partial charge in [0.2, 0.25) is 17.6 Å². The van der Waals surface area contributed by atoms with Gasteiger partial charge in [0, 0.05) is 128 Å². The fourth-order valence-corrected chi connectivity index (χ4v) is 9.10. The number of imide groups is 1. The Labute approximate surface area is 469 Å². The number of benzene rings is 2.